The molecule has 0 saturated carbocycles. The minimum atomic E-state index is 0.0260. The maximum absolute atomic E-state index is 5.50. The van der Waals surface area contributed by atoms with Crippen LogP contribution in [0.2, 0.25) is 0 Å². The van der Waals surface area contributed by atoms with Crippen LogP contribution in [-0.2, 0) is 0 Å². The molecule has 0 saturated heterocycles. The molecule has 0 radical (unpaired) electrons. The molecule has 4 heteroatoms. The zero-order valence-electron chi connectivity index (χ0n) is 7.51. The first-order valence-electron chi connectivity index (χ1n) is 3.93. The van der Waals surface area contributed by atoms with Crippen molar-refractivity contribution in [1.29, 1.82) is 0 Å². The normalized spacial score (nSPS) is 12.5. The van der Waals surface area contributed by atoms with Crippen molar-refractivity contribution < 1.29 is 0 Å². The van der Waals surface area contributed by atoms with Crippen LogP contribution in [0.4, 0.5) is 0 Å². The van der Waals surface area contributed by atoms with Gasteiger partial charge in [-0.05, 0) is 26.8 Å². The van der Waals surface area contributed by atoms with Crippen molar-refractivity contribution in [3.05, 3.63) is 0 Å². The molecule has 0 amide bonds. The SMILES string of the molecule is CC(C)(CCN)N(CN)CN. The summed E-state index contributed by atoms with van der Waals surface area (Å²) >= 11 is 0. The van der Waals surface area contributed by atoms with Gasteiger partial charge in [-0.1, -0.05) is 0 Å². The highest BCUT2D eigenvalue weighted by molar-refractivity contribution is 4.79. The highest BCUT2D eigenvalue weighted by atomic mass is 15.3. The lowest BCUT2D eigenvalue weighted by atomic mass is 9.99. The van der Waals surface area contributed by atoms with Crippen LogP contribution in [0, 0.1) is 0 Å². The van der Waals surface area contributed by atoms with Gasteiger partial charge in [-0.3, -0.25) is 4.90 Å². The van der Waals surface area contributed by atoms with E-state index in [9.17, 15) is 0 Å². The Morgan fingerprint density at radius 3 is 1.82 bits per heavy atom. The van der Waals surface area contributed by atoms with Gasteiger partial charge >= 0.3 is 0 Å². The quantitative estimate of drug-likeness (QED) is 0.462. The van der Waals surface area contributed by atoms with E-state index in [0.29, 0.717) is 19.9 Å². The Morgan fingerprint density at radius 1 is 1.09 bits per heavy atom. The summed E-state index contributed by atoms with van der Waals surface area (Å²) in [7, 11) is 0. The van der Waals surface area contributed by atoms with Gasteiger partial charge < -0.3 is 17.2 Å². The Balaban J connectivity index is 4.00. The second-order valence-electron chi connectivity index (χ2n) is 3.26. The zero-order valence-corrected chi connectivity index (χ0v) is 7.51. The summed E-state index contributed by atoms with van der Waals surface area (Å²) in [5.41, 5.74) is 16.5. The fraction of sp³-hybridized carbons (Fsp3) is 1.00. The van der Waals surface area contributed by atoms with Crippen molar-refractivity contribution in [2.75, 3.05) is 19.9 Å². The molecule has 0 aliphatic rings. The Kier molecular flexibility index (Phi) is 4.60. The maximum Gasteiger partial charge on any atom is 0.0472 e. The predicted octanol–water partition coefficient (Wildman–Crippen LogP) is -0.752. The second-order valence-corrected chi connectivity index (χ2v) is 3.26. The van der Waals surface area contributed by atoms with Gasteiger partial charge in [0.15, 0.2) is 0 Å². The number of rotatable bonds is 5. The van der Waals surface area contributed by atoms with Crippen LogP contribution in [0.25, 0.3) is 0 Å². The average Bonchev–Trinajstić information content (AvgIpc) is 1.89. The highest BCUT2D eigenvalue weighted by Gasteiger charge is 2.23. The molecule has 0 aliphatic heterocycles. The van der Waals surface area contributed by atoms with E-state index in [-0.39, 0.29) is 5.54 Å². The molecule has 0 bridgehead atoms. The molecule has 0 fully saturated rings. The average molecular weight is 160 g/mol. The molecule has 11 heavy (non-hydrogen) atoms. The lowest BCUT2D eigenvalue weighted by Gasteiger charge is -2.36. The van der Waals surface area contributed by atoms with E-state index in [1.54, 1.807) is 0 Å². The first-order valence-corrected chi connectivity index (χ1v) is 3.93. The minimum absolute atomic E-state index is 0.0260. The molecule has 68 valence electrons. The van der Waals surface area contributed by atoms with E-state index in [0.717, 1.165) is 6.42 Å². The summed E-state index contributed by atoms with van der Waals surface area (Å²) in [5.74, 6) is 0. The Labute approximate surface area is 68.7 Å². The van der Waals surface area contributed by atoms with Gasteiger partial charge in [-0.25, -0.2) is 0 Å². The fourth-order valence-electron chi connectivity index (χ4n) is 1.08. The summed E-state index contributed by atoms with van der Waals surface area (Å²) in [4.78, 5) is 2.00. The van der Waals surface area contributed by atoms with Gasteiger partial charge in [0, 0.05) is 18.9 Å². The summed E-state index contributed by atoms with van der Waals surface area (Å²) in [6.45, 7) is 5.84. The first kappa shape index (κ1) is 10.8. The van der Waals surface area contributed by atoms with Crippen molar-refractivity contribution >= 4 is 0 Å². The first-order chi connectivity index (χ1) is 5.08. The van der Waals surface area contributed by atoms with Crippen molar-refractivity contribution in [3.63, 3.8) is 0 Å². The molecule has 0 atom stereocenters. The topological polar surface area (TPSA) is 81.3 Å². The summed E-state index contributed by atoms with van der Waals surface area (Å²) in [6.07, 6.45) is 0.918. The fourth-order valence-corrected chi connectivity index (χ4v) is 1.08. The number of hydrogen-bond acceptors (Lipinski definition) is 4. The van der Waals surface area contributed by atoms with E-state index in [1.165, 1.54) is 0 Å². The standard InChI is InChI=1S/C7H20N4/c1-7(2,3-4-8)11(5-9)6-10/h3-6,8-10H2,1-2H3. The van der Waals surface area contributed by atoms with Crippen LogP contribution in [0.5, 0.6) is 0 Å². The lowest BCUT2D eigenvalue weighted by Crippen LogP contribution is -2.50. The number of nitrogens with zero attached hydrogens (tertiary/aromatic N) is 1. The van der Waals surface area contributed by atoms with E-state index >= 15 is 0 Å². The molecule has 0 aliphatic carbocycles. The molecule has 0 rings (SSSR count). The van der Waals surface area contributed by atoms with Crippen molar-refractivity contribution in [2.45, 2.75) is 25.8 Å². The lowest BCUT2D eigenvalue weighted by molar-refractivity contribution is 0.120. The molecular formula is C7H20N4. The number of hydrogen-bond donors (Lipinski definition) is 3. The van der Waals surface area contributed by atoms with Crippen LogP contribution in [-0.4, -0.2) is 30.3 Å². The van der Waals surface area contributed by atoms with Gasteiger partial charge in [-0.15, -0.1) is 0 Å². The van der Waals surface area contributed by atoms with Gasteiger partial charge in [0.05, 0.1) is 0 Å². The molecule has 0 aromatic rings. The van der Waals surface area contributed by atoms with Crippen molar-refractivity contribution in [3.8, 4) is 0 Å². The molecule has 0 aromatic heterocycles. The summed E-state index contributed by atoms with van der Waals surface area (Å²) < 4.78 is 0. The molecule has 0 heterocycles. The van der Waals surface area contributed by atoms with Crippen LogP contribution < -0.4 is 17.2 Å². The zero-order chi connectivity index (χ0) is 8.91. The molecule has 6 N–H and O–H groups in total. The smallest absolute Gasteiger partial charge is 0.0472 e. The van der Waals surface area contributed by atoms with Crippen molar-refractivity contribution in [2.24, 2.45) is 17.2 Å². The van der Waals surface area contributed by atoms with E-state index in [2.05, 4.69) is 13.8 Å². The van der Waals surface area contributed by atoms with Gasteiger partial charge in [0.2, 0.25) is 0 Å². The Morgan fingerprint density at radius 2 is 1.55 bits per heavy atom. The summed E-state index contributed by atoms with van der Waals surface area (Å²) in [5, 5.41) is 0. The van der Waals surface area contributed by atoms with Crippen LogP contribution >= 0.6 is 0 Å². The van der Waals surface area contributed by atoms with E-state index in [1.807, 2.05) is 4.90 Å². The van der Waals surface area contributed by atoms with Crippen molar-refractivity contribution in [1.82, 2.24) is 4.90 Å². The van der Waals surface area contributed by atoms with Gasteiger partial charge in [-0.2, -0.15) is 0 Å². The van der Waals surface area contributed by atoms with Crippen LogP contribution in [0.1, 0.15) is 20.3 Å². The third-order valence-electron chi connectivity index (χ3n) is 2.05. The summed E-state index contributed by atoms with van der Waals surface area (Å²) in [6, 6.07) is 0. The van der Waals surface area contributed by atoms with Gasteiger partial charge in [0.1, 0.15) is 0 Å². The maximum atomic E-state index is 5.50. The third-order valence-corrected chi connectivity index (χ3v) is 2.05. The molecule has 0 spiro atoms. The molecule has 4 nitrogen and oxygen atoms in total. The minimum Gasteiger partial charge on any atom is -0.330 e. The molecular weight excluding hydrogens is 140 g/mol. The van der Waals surface area contributed by atoms with Crippen LogP contribution in [0.3, 0.4) is 0 Å². The molecule has 0 aromatic carbocycles. The Bertz CT molecular complexity index is 98.6. The second kappa shape index (κ2) is 4.66. The predicted molar refractivity (Wildman–Crippen MR) is 47.7 cm³/mol. The Hall–Kier alpha value is -0.160. The molecule has 0 unspecified atom stereocenters. The monoisotopic (exact) mass is 160 g/mol. The third kappa shape index (κ3) is 3.16. The van der Waals surface area contributed by atoms with E-state index < -0.39 is 0 Å². The number of nitrogens with two attached hydrogens (primary N) is 3. The van der Waals surface area contributed by atoms with Crippen LogP contribution in [0.15, 0.2) is 0 Å². The highest BCUT2D eigenvalue weighted by Crippen LogP contribution is 2.15. The largest absolute Gasteiger partial charge is 0.330 e. The van der Waals surface area contributed by atoms with Gasteiger partial charge in [0.25, 0.3) is 0 Å². The van der Waals surface area contributed by atoms with E-state index in [4.69, 9.17) is 17.2 Å².